The second-order valence-corrected chi connectivity index (χ2v) is 20.2. The van der Waals surface area contributed by atoms with Gasteiger partial charge in [-0.1, -0.05) is 268 Å². The highest BCUT2D eigenvalue weighted by atomic mass is 16.6. The predicted octanol–water partition coefficient (Wildman–Crippen LogP) is 20.4. The van der Waals surface area contributed by atoms with Gasteiger partial charge in [-0.2, -0.15) is 0 Å². The smallest absolute Gasteiger partial charge is 0.306 e. The molecule has 0 saturated heterocycles. The van der Waals surface area contributed by atoms with E-state index in [-0.39, 0.29) is 31.1 Å². The topological polar surface area (TPSA) is 78.9 Å². The van der Waals surface area contributed by atoms with Crippen molar-refractivity contribution in [1.82, 2.24) is 0 Å². The van der Waals surface area contributed by atoms with Gasteiger partial charge in [-0.05, 0) is 83.5 Å². The molecule has 0 radical (unpaired) electrons. The quantitative estimate of drug-likeness (QED) is 0.0261. The number of hydrogen-bond donors (Lipinski definition) is 0. The van der Waals surface area contributed by atoms with Gasteiger partial charge in [0.2, 0.25) is 0 Å². The number of carbonyl (C=O) groups is 3. The van der Waals surface area contributed by atoms with Crippen LogP contribution >= 0.6 is 0 Å². The fourth-order valence-corrected chi connectivity index (χ4v) is 8.72. The maximum absolute atomic E-state index is 12.8. The normalized spacial score (nSPS) is 12.4. The third kappa shape index (κ3) is 56.0. The van der Waals surface area contributed by atoms with Crippen molar-refractivity contribution in [1.29, 1.82) is 0 Å². The van der Waals surface area contributed by atoms with Gasteiger partial charge in [-0.25, -0.2) is 0 Å². The summed E-state index contributed by atoms with van der Waals surface area (Å²) in [4.78, 5) is 38.0. The number of ether oxygens (including phenoxy) is 3. The fourth-order valence-electron chi connectivity index (χ4n) is 8.72. The minimum atomic E-state index is -0.784. The molecular formula is C64H114O6. The molecule has 0 spiro atoms. The van der Waals surface area contributed by atoms with E-state index >= 15 is 0 Å². The summed E-state index contributed by atoms with van der Waals surface area (Å²) in [6.45, 7) is 6.50. The van der Waals surface area contributed by atoms with Gasteiger partial charge in [0.05, 0.1) is 0 Å². The number of unbranched alkanes of at least 4 members (excludes halogenated alkanes) is 34. The highest BCUT2D eigenvalue weighted by Crippen LogP contribution is 2.16. The van der Waals surface area contributed by atoms with Crippen LogP contribution < -0.4 is 0 Å². The Kier molecular flexibility index (Phi) is 56.3. The van der Waals surface area contributed by atoms with Crippen LogP contribution in [0.2, 0.25) is 0 Å². The summed E-state index contributed by atoms with van der Waals surface area (Å²) in [6, 6.07) is 0. The summed E-state index contributed by atoms with van der Waals surface area (Å²) in [5.74, 6) is -0.898. The molecule has 0 N–H and O–H groups in total. The van der Waals surface area contributed by atoms with Gasteiger partial charge in [-0.15, -0.1) is 0 Å². The molecule has 0 aliphatic rings. The molecule has 0 aromatic rings. The van der Waals surface area contributed by atoms with Crippen LogP contribution in [0.15, 0.2) is 60.8 Å². The van der Waals surface area contributed by atoms with Crippen molar-refractivity contribution in [3.63, 3.8) is 0 Å². The minimum absolute atomic E-state index is 0.0815. The Morgan fingerprint density at radius 2 is 0.557 bits per heavy atom. The molecule has 6 nitrogen and oxygen atoms in total. The van der Waals surface area contributed by atoms with E-state index in [0.717, 1.165) is 96.3 Å². The molecule has 406 valence electrons. The molecule has 0 heterocycles. The standard InChI is InChI=1S/C64H114O6/c1-4-7-10-13-16-19-21-23-25-27-28-29-30-31-32-33-34-35-36-38-39-41-43-45-48-51-54-57-63(66)69-60-61(59-68-62(65)56-53-50-47-18-15-12-9-6-3)70-64(67)58-55-52-49-46-44-42-40-37-26-24-22-20-17-14-11-8-5-2/h8,11,17,20,24,26-28,40,42,61H,4-7,9-10,12-16,18-19,21-23,25,29-39,41,43-60H2,1-3H3/b11-8-,20-17-,26-24-,28-27-,42-40-. The largest absolute Gasteiger partial charge is 0.462 e. The van der Waals surface area contributed by atoms with E-state index in [9.17, 15) is 14.4 Å². The van der Waals surface area contributed by atoms with Crippen LogP contribution in [0.3, 0.4) is 0 Å². The first-order valence-electron chi connectivity index (χ1n) is 30.3. The monoisotopic (exact) mass is 979 g/mol. The highest BCUT2D eigenvalue weighted by molar-refractivity contribution is 5.71. The Bertz CT molecular complexity index is 1260. The molecule has 1 unspecified atom stereocenters. The number of rotatable bonds is 55. The molecule has 0 aliphatic carbocycles. The second-order valence-electron chi connectivity index (χ2n) is 20.2. The lowest BCUT2D eigenvalue weighted by molar-refractivity contribution is -0.167. The van der Waals surface area contributed by atoms with E-state index in [0.29, 0.717) is 19.3 Å². The van der Waals surface area contributed by atoms with Crippen LogP contribution in [0.5, 0.6) is 0 Å². The number of hydrogen-bond acceptors (Lipinski definition) is 6. The minimum Gasteiger partial charge on any atom is -0.462 e. The molecule has 1 atom stereocenters. The summed E-state index contributed by atoms with van der Waals surface area (Å²) in [5.41, 5.74) is 0. The molecule has 0 bridgehead atoms. The van der Waals surface area contributed by atoms with Gasteiger partial charge < -0.3 is 14.2 Å². The van der Waals surface area contributed by atoms with Crippen LogP contribution in [0.25, 0.3) is 0 Å². The summed E-state index contributed by atoms with van der Waals surface area (Å²) in [7, 11) is 0. The van der Waals surface area contributed by atoms with Crippen LogP contribution in [-0.2, 0) is 28.6 Å². The Hall–Kier alpha value is -2.89. The lowest BCUT2D eigenvalue weighted by atomic mass is 10.0. The molecule has 0 aromatic carbocycles. The van der Waals surface area contributed by atoms with Crippen molar-refractivity contribution in [3.05, 3.63) is 60.8 Å². The van der Waals surface area contributed by atoms with Gasteiger partial charge >= 0.3 is 17.9 Å². The molecular weight excluding hydrogens is 865 g/mol. The van der Waals surface area contributed by atoms with Gasteiger partial charge in [0.15, 0.2) is 6.10 Å². The van der Waals surface area contributed by atoms with Crippen LogP contribution in [-0.4, -0.2) is 37.2 Å². The molecule has 0 aliphatic heterocycles. The molecule has 6 heteroatoms. The molecule has 0 aromatic heterocycles. The molecule has 0 fully saturated rings. The van der Waals surface area contributed by atoms with E-state index in [2.05, 4.69) is 81.5 Å². The molecule has 0 rings (SSSR count). The zero-order valence-electron chi connectivity index (χ0n) is 46.5. The van der Waals surface area contributed by atoms with E-state index in [1.54, 1.807) is 0 Å². The lowest BCUT2D eigenvalue weighted by Crippen LogP contribution is -2.30. The van der Waals surface area contributed by atoms with Gasteiger partial charge in [0, 0.05) is 19.3 Å². The molecule has 0 saturated carbocycles. The Morgan fingerprint density at radius 1 is 0.300 bits per heavy atom. The van der Waals surface area contributed by atoms with Crippen LogP contribution in [0, 0.1) is 0 Å². The van der Waals surface area contributed by atoms with Crippen molar-refractivity contribution in [2.24, 2.45) is 0 Å². The Labute approximate surface area is 434 Å². The number of carbonyl (C=O) groups excluding carboxylic acids is 3. The molecule has 70 heavy (non-hydrogen) atoms. The summed E-state index contributed by atoms with van der Waals surface area (Å²) in [6.07, 6.45) is 73.9. The predicted molar refractivity (Wildman–Crippen MR) is 302 cm³/mol. The van der Waals surface area contributed by atoms with Crippen LogP contribution in [0.4, 0.5) is 0 Å². The van der Waals surface area contributed by atoms with Crippen LogP contribution in [0.1, 0.15) is 310 Å². The van der Waals surface area contributed by atoms with Gasteiger partial charge in [-0.3, -0.25) is 14.4 Å². The lowest BCUT2D eigenvalue weighted by Gasteiger charge is -2.18. The average molecular weight is 980 g/mol. The van der Waals surface area contributed by atoms with E-state index in [1.807, 2.05) is 0 Å². The Balaban J connectivity index is 4.15. The Morgan fingerprint density at radius 3 is 0.886 bits per heavy atom. The third-order valence-corrected chi connectivity index (χ3v) is 13.3. The summed E-state index contributed by atoms with van der Waals surface area (Å²) >= 11 is 0. The van der Waals surface area contributed by atoms with Crippen molar-refractivity contribution in [3.8, 4) is 0 Å². The van der Waals surface area contributed by atoms with Crippen molar-refractivity contribution in [2.45, 2.75) is 316 Å². The first kappa shape index (κ1) is 67.1. The highest BCUT2D eigenvalue weighted by Gasteiger charge is 2.19. The van der Waals surface area contributed by atoms with Gasteiger partial charge in [0.1, 0.15) is 13.2 Å². The summed E-state index contributed by atoms with van der Waals surface area (Å²) in [5, 5.41) is 0. The van der Waals surface area contributed by atoms with Crippen molar-refractivity contribution >= 4 is 17.9 Å². The first-order chi connectivity index (χ1) is 34.5. The second kappa shape index (κ2) is 58.7. The van der Waals surface area contributed by atoms with E-state index < -0.39 is 6.10 Å². The van der Waals surface area contributed by atoms with E-state index in [1.165, 1.54) is 173 Å². The SMILES string of the molecule is CC/C=C\C/C=C\C/C=C\C/C=C\CCCCCCC(=O)OC(COC(=O)CCCCCCCCCC)COC(=O)CCCCCCCCCCCCCCCCC/C=C\CCCCCCCCCC. The van der Waals surface area contributed by atoms with E-state index in [4.69, 9.17) is 14.2 Å². The van der Waals surface area contributed by atoms with Crippen molar-refractivity contribution < 1.29 is 28.6 Å². The number of esters is 3. The number of allylic oxidation sites excluding steroid dienone is 10. The third-order valence-electron chi connectivity index (χ3n) is 13.3. The zero-order chi connectivity index (χ0) is 50.7. The zero-order valence-corrected chi connectivity index (χ0v) is 46.5. The van der Waals surface area contributed by atoms with Crippen molar-refractivity contribution in [2.75, 3.05) is 13.2 Å². The average Bonchev–Trinajstić information content (AvgIpc) is 3.36. The molecule has 0 amide bonds. The maximum Gasteiger partial charge on any atom is 0.306 e. The maximum atomic E-state index is 12.8. The summed E-state index contributed by atoms with van der Waals surface area (Å²) < 4.78 is 16.8. The van der Waals surface area contributed by atoms with Gasteiger partial charge in [0.25, 0.3) is 0 Å². The fraction of sp³-hybridized carbons (Fsp3) is 0.797. The first-order valence-corrected chi connectivity index (χ1v) is 30.3.